The molecule has 166 valence electrons. The molecule has 0 bridgehead atoms. The first-order chi connectivity index (χ1) is 14.9. The highest BCUT2D eigenvalue weighted by atomic mass is 16.6. The second-order valence-electron chi connectivity index (χ2n) is 6.10. The first-order valence-electron chi connectivity index (χ1n) is 9.09. The van der Waals surface area contributed by atoms with Gasteiger partial charge in [-0.05, 0) is 24.3 Å². The number of anilines is 2. The number of hydrogen-bond acceptors (Lipinski definition) is 9. The Bertz CT molecular complexity index is 948. The lowest BCUT2D eigenvalue weighted by Gasteiger charge is -2.12. The van der Waals surface area contributed by atoms with Gasteiger partial charge in [0, 0.05) is 25.8 Å². The molecule has 0 aliphatic heterocycles. The van der Waals surface area contributed by atoms with Crippen LogP contribution in [0.15, 0.2) is 36.4 Å². The highest BCUT2D eigenvalue weighted by Gasteiger charge is 2.19. The van der Waals surface area contributed by atoms with E-state index in [4.69, 9.17) is 18.9 Å². The second-order valence-corrected chi connectivity index (χ2v) is 6.10. The van der Waals surface area contributed by atoms with Gasteiger partial charge < -0.3 is 29.6 Å². The van der Waals surface area contributed by atoms with Crippen LogP contribution in [0.1, 0.15) is 10.4 Å². The van der Waals surface area contributed by atoms with Crippen LogP contribution in [0.4, 0.5) is 17.1 Å². The van der Waals surface area contributed by atoms with E-state index in [1.54, 1.807) is 18.2 Å². The third kappa shape index (κ3) is 6.57. The zero-order valence-electron chi connectivity index (χ0n) is 17.3. The predicted molar refractivity (Wildman–Crippen MR) is 112 cm³/mol. The van der Waals surface area contributed by atoms with Crippen LogP contribution in [0.3, 0.4) is 0 Å². The molecule has 1 amide bonds. The number of nitrogens with zero attached hydrogens (tertiary/aromatic N) is 1. The van der Waals surface area contributed by atoms with Crippen molar-refractivity contribution in [1.82, 2.24) is 0 Å². The Morgan fingerprint density at radius 3 is 2.45 bits per heavy atom. The number of carbonyl (C=O) groups is 2. The molecule has 0 atom stereocenters. The van der Waals surface area contributed by atoms with E-state index in [1.165, 1.54) is 33.5 Å². The van der Waals surface area contributed by atoms with Crippen LogP contribution in [0.5, 0.6) is 11.5 Å². The van der Waals surface area contributed by atoms with Gasteiger partial charge in [-0.15, -0.1) is 0 Å². The van der Waals surface area contributed by atoms with Crippen molar-refractivity contribution in [2.45, 2.75) is 0 Å². The van der Waals surface area contributed by atoms with Crippen molar-refractivity contribution in [3.8, 4) is 11.5 Å². The topological polar surface area (TPSA) is 138 Å². The molecule has 0 unspecified atom stereocenters. The zero-order valence-corrected chi connectivity index (χ0v) is 17.3. The fourth-order valence-electron chi connectivity index (χ4n) is 2.56. The number of methoxy groups -OCH3 is 3. The molecule has 0 saturated heterocycles. The monoisotopic (exact) mass is 433 g/mol. The van der Waals surface area contributed by atoms with E-state index >= 15 is 0 Å². The first-order valence-corrected chi connectivity index (χ1v) is 9.09. The number of amides is 1. The van der Waals surface area contributed by atoms with Crippen molar-refractivity contribution in [2.75, 3.05) is 51.7 Å². The van der Waals surface area contributed by atoms with Crippen molar-refractivity contribution in [3.05, 3.63) is 52.1 Å². The largest absolute Gasteiger partial charge is 0.497 e. The molecule has 0 spiro atoms. The van der Waals surface area contributed by atoms with Crippen molar-refractivity contribution < 1.29 is 33.5 Å². The summed E-state index contributed by atoms with van der Waals surface area (Å²) in [6.07, 6.45) is 0. The molecule has 2 rings (SSSR count). The smallest absolute Gasteiger partial charge is 0.338 e. The summed E-state index contributed by atoms with van der Waals surface area (Å²) in [5.74, 6) is -0.598. The molecule has 0 aromatic heterocycles. The minimum Gasteiger partial charge on any atom is -0.497 e. The van der Waals surface area contributed by atoms with Gasteiger partial charge in [0.2, 0.25) is 0 Å². The lowest BCUT2D eigenvalue weighted by molar-refractivity contribution is -0.384. The number of nitro benzene ring substituents is 1. The number of benzene rings is 2. The van der Waals surface area contributed by atoms with Crippen molar-refractivity contribution in [2.24, 2.45) is 0 Å². The molecule has 2 N–H and O–H groups in total. The van der Waals surface area contributed by atoms with Crippen LogP contribution < -0.4 is 20.1 Å². The second kappa shape index (κ2) is 11.4. The fourth-order valence-corrected chi connectivity index (χ4v) is 2.56. The summed E-state index contributed by atoms with van der Waals surface area (Å²) in [7, 11) is 4.43. The van der Waals surface area contributed by atoms with Gasteiger partial charge in [-0.3, -0.25) is 14.9 Å². The van der Waals surface area contributed by atoms with E-state index in [0.29, 0.717) is 30.3 Å². The summed E-state index contributed by atoms with van der Waals surface area (Å²) in [5.41, 5.74) is 0.221. The van der Waals surface area contributed by atoms with Gasteiger partial charge in [-0.1, -0.05) is 0 Å². The van der Waals surface area contributed by atoms with Crippen LogP contribution in [0.25, 0.3) is 0 Å². The number of esters is 1. The van der Waals surface area contributed by atoms with Crippen LogP contribution in [0.2, 0.25) is 0 Å². The number of ether oxygens (including phenoxy) is 4. The van der Waals surface area contributed by atoms with Crippen LogP contribution in [0, 0.1) is 10.1 Å². The van der Waals surface area contributed by atoms with Crippen LogP contribution in [-0.4, -0.2) is 57.9 Å². The minimum atomic E-state index is -0.876. The average Bonchev–Trinajstić information content (AvgIpc) is 2.77. The number of nitrogens with one attached hydrogen (secondary N) is 2. The predicted octanol–water partition coefficient (Wildman–Crippen LogP) is 2.47. The molecule has 0 fully saturated rings. The van der Waals surface area contributed by atoms with Gasteiger partial charge in [-0.25, -0.2) is 4.79 Å². The Balaban J connectivity index is 2.03. The molecule has 0 saturated carbocycles. The maximum absolute atomic E-state index is 12.3. The molecule has 2 aromatic carbocycles. The fraction of sp³-hybridized carbons (Fsp3) is 0.300. The number of carbonyl (C=O) groups excluding carboxylic acids is 2. The Hall–Kier alpha value is -3.86. The van der Waals surface area contributed by atoms with Crippen LogP contribution in [-0.2, 0) is 14.3 Å². The summed E-state index contributed by atoms with van der Waals surface area (Å²) in [6, 6.07) is 8.67. The Kier molecular flexibility index (Phi) is 8.58. The average molecular weight is 433 g/mol. The summed E-state index contributed by atoms with van der Waals surface area (Å²) in [6.45, 7) is 0.115. The van der Waals surface area contributed by atoms with E-state index in [1.807, 2.05) is 0 Å². The first kappa shape index (κ1) is 23.4. The lowest BCUT2D eigenvalue weighted by Crippen LogP contribution is -2.21. The molecule has 11 nitrogen and oxygen atoms in total. The molecule has 0 aliphatic carbocycles. The third-order valence-corrected chi connectivity index (χ3v) is 4.07. The summed E-state index contributed by atoms with van der Waals surface area (Å²) < 4.78 is 20.1. The summed E-state index contributed by atoms with van der Waals surface area (Å²) >= 11 is 0. The number of rotatable bonds is 11. The van der Waals surface area contributed by atoms with Crippen molar-refractivity contribution in [1.29, 1.82) is 0 Å². The third-order valence-electron chi connectivity index (χ3n) is 4.07. The Morgan fingerprint density at radius 1 is 1.03 bits per heavy atom. The van der Waals surface area contributed by atoms with E-state index in [0.717, 1.165) is 6.07 Å². The van der Waals surface area contributed by atoms with Crippen molar-refractivity contribution >= 4 is 28.9 Å². The molecule has 0 radical (unpaired) electrons. The summed E-state index contributed by atoms with van der Waals surface area (Å²) in [4.78, 5) is 35.1. The normalized spacial score (nSPS) is 10.2. The quantitative estimate of drug-likeness (QED) is 0.237. The number of nitro groups is 1. The molecule has 0 heterocycles. The summed E-state index contributed by atoms with van der Waals surface area (Å²) in [5, 5.41) is 16.7. The Morgan fingerprint density at radius 2 is 1.81 bits per heavy atom. The highest BCUT2D eigenvalue weighted by molar-refractivity contribution is 5.97. The van der Waals surface area contributed by atoms with Crippen molar-refractivity contribution in [3.63, 3.8) is 0 Å². The van der Waals surface area contributed by atoms with E-state index < -0.39 is 23.4 Å². The molecule has 11 heteroatoms. The maximum Gasteiger partial charge on any atom is 0.338 e. The zero-order chi connectivity index (χ0) is 22.8. The van der Waals surface area contributed by atoms with Gasteiger partial charge in [0.15, 0.2) is 6.61 Å². The SMILES string of the molecule is COCCNc1ccc(C(=O)OCC(=O)Nc2cc(OC)ccc2OC)cc1[N+](=O)[O-]. The lowest BCUT2D eigenvalue weighted by atomic mass is 10.1. The van der Waals surface area contributed by atoms with Gasteiger partial charge in [0.05, 0.1) is 37.0 Å². The molecule has 0 aliphatic rings. The molecule has 31 heavy (non-hydrogen) atoms. The van der Waals surface area contributed by atoms with E-state index in [9.17, 15) is 19.7 Å². The number of hydrogen-bond donors (Lipinski definition) is 2. The van der Waals surface area contributed by atoms with Gasteiger partial charge >= 0.3 is 5.97 Å². The van der Waals surface area contributed by atoms with E-state index in [-0.39, 0.29) is 16.9 Å². The standard InChI is InChI=1S/C20H23N3O8/c1-28-9-8-21-15-6-4-13(10-17(15)23(26)27)20(25)31-12-19(24)22-16-11-14(29-2)5-7-18(16)30-3/h4-7,10-11,21H,8-9,12H2,1-3H3,(H,22,24). The van der Waals surface area contributed by atoms with Crippen LogP contribution >= 0.6 is 0 Å². The Labute approximate surface area is 178 Å². The molecular weight excluding hydrogens is 410 g/mol. The van der Waals surface area contributed by atoms with Gasteiger partial charge in [0.25, 0.3) is 11.6 Å². The van der Waals surface area contributed by atoms with Gasteiger partial charge in [-0.2, -0.15) is 0 Å². The molecule has 2 aromatic rings. The maximum atomic E-state index is 12.3. The minimum absolute atomic E-state index is 0.0595. The highest BCUT2D eigenvalue weighted by Crippen LogP contribution is 2.29. The van der Waals surface area contributed by atoms with Gasteiger partial charge in [0.1, 0.15) is 17.2 Å². The van der Waals surface area contributed by atoms with E-state index in [2.05, 4.69) is 10.6 Å². The molecular formula is C20H23N3O8.